The molecule has 1 unspecified atom stereocenters. The van der Waals surface area contributed by atoms with Crippen LogP contribution in [0.1, 0.15) is 28.5 Å². The van der Waals surface area contributed by atoms with Gasteiger partial charge in [-0.3, -0.25) is 9.89 Å². The maximum absolute atomic E-state index is 12.0. The minimum Gasteiger partial charge on any atom is -0.349 e. The minimum absolute atomic E-state index is 0.0790. The Balaban J connectivity index is 1.94. The Labute approximate surface area is 106 Å². The molecule has 2 aromatic rings. The van der Waals surface area contributed by atoms with Crippen molar-refractivity contribution in [3.8, 4) is 0 Å². The van der Waals surface area contributed by atoms with E-state index in [1.54, 1.807) is 6.20 Å². The Morgan fingerprint density at radius 1 is 1.39 bits per heavy atom. The monoisotopic (exact) mass is 243 g/mol. The van der Waals surface area contributed by atoms with Crippen LogP contribution in [-0.2, 0) is 6.42 Å². The van der Waals surface area contributed by atoms with Crippen LogP contribution >= 0.6 is 0 Å². The Morgan fingerprint density at radius 3 is 2.72 bits per heavy atom. The molecule has 0 saturated heterocycles. The molecule has 18 heavy (non-hydrogen) atoms. The Hall–Kier alpha value is -2.10. The van der Waals surface area contributed by atoms with Crippen LogP contribution in [0.3, 0.4) is 0 Å². The summed E-state index contributed by atoms with van der Waals surface area (Å²) in [6.45, 7) is 3.84. The molecule has 94 valence electrons. The van der Waals surface area contributed by atoms with E-state index in [4.69, 9.17) is 0 Å². The number of H-pyrrole nitrogens is 1. The van der Waals surface area contributed by atoms with E-state index >= 15 is 0 Å². The summed E-state index contributed by atoms with van der Waals surface area (Å²) < 4.78 is 0. The van der Waals surface area contributed by atoms with Gasteiger partial charge < -0.3 is 5.32 Å². The predicted octanol–water partition coefficient (Wildman–Crippen LogP) is 2.08. The van der Waals surface area contributed by atoms with Crippen LogP contribution in [0, 0.1) is 6.92 Å². The van der Waals surface area contributed by atoms with E-state index in [9.17, 15) is 4.79 Å². The highest BCUT2D eigenvalue weighted by molar-refractivity contribution is 5.95. The van der Waals surface area contributed by atoms with Gasteiger partial charge in [-0.25, -0.2) is 0 Å². The van der Waals surface area contributed by atoms with Gasteiger partial charge in [0.25, 0.3) is 5.91 Å². The number of rotatable bonds is 4. The topological polar surface area (TPSA) is 57.8 Å². The lowest BCUT2D eigenvalue weighted by Gasteiger charge is -2.13. The summed E-state index contributed by atoms with van der Waals surface area (Å²) in [5, 5.41) is 9.58. The second-order valence-electron chi connectivity index (χ2n) is 4.47. The molecule has 1 heterocycles. The molecule has 0 spiro atoms. The number of carbonyl (C=O) groups excluding carboxylic acids is 1. The van der Waals surface area contributed by atoms with Gasteiger partial charge in [-0.05, 0) is 25.8 Å². The average molecular weight is 243 g/mol. The largest absolute Gasteiger partial charge is 0.349 e. The van der Waals surface area contributed by atoms with Gasteiger partial charge >= 0.3 is 0 Å². The summed E-state index contributed by atoms with van der Waals surface area (Å²) in [4.78, 5) is 12.0. The van der Waals surface area contributed by atoms with Gasteiger partial charge in [0.05, 0.1) is 11.8 Å². The first-order valence-corrected chi connectivity index (χ1v) is 6.01. The summed E-state index contributed by atoms with van der Waals surface area (Å²) in [6.07, 6.45) is 2.38. The molecule has 0 aliphatic carbocycles. The third-order valence-corrected chi connectivity index (χ3v) is 2.84. The first kappa shape index (κ1) is 12.4. The van der Waals surface area contributed by atoms with Gasteiger partial charge in [-0.15, -0.1) is 0 Å². The van der Waals surface area contributed by atoms with E-state index in [0.29, 0.717) is 5.56 Å². The van der Waals surface area contributed by atoms with Gasteiger partial charge in [-0.1, -0.05) is 30.3 Å². The second kappa shape index (κ2) is 5.49. The number of amides is 1. The lowest BCUT2D eigenvalue weighted by molar-refractivity contribution is 0.0939. The molecule has 0 aliphatic rings. The Kier molecular flexibility index (Phi) is 3.77. The van der Waals surface area contributed by atoms with Crippen LogP contribution in [0.25, 0.3) is 0 Å². The normalized spacial score (nSPS) is 12.1. The Morgan fingerprint density at radius 2 is 2.11 bits per heavy atom. The van der Waals surface area contributed by atoms with Gasteiger partial charge in [0, 0.05) is 11.7 Å². The predicted molar refractivity (Wildman–Crippen MR) is 70.4 cm³/mol. The van der Waals surface area contributed by atoms with E-state index in [-0.39, 0.29) is 11.9 Å². The van der Waals surface area contributed by atoms with Crippen molar-refractivity contribution >= 4 is 5.91 Å². The minimum atomic E-state index is -0.0790. The van der Waals surface area contributed by atoms with Crippen LogP contribution in [0.4, 0.5) is 0 Å². The van der Waals surface area contributed by atoms with Crippen molar-refractivity contribution in [2.45, 2.75) is 26.3 Å². The first-order valence-electron chi connectivity index (χ1n) is 6.01. The molecule has 2 N–H and O–H groups in total. The van der Waals surface area contributed by atoms with Crippen molar-refractivity contribution in [1.29, 1.82) is 0 Å². The number of hydrogen-bond acceptors (Lipinski definition) is 2. The van der Waals surface area contributed by atoms with E-state index in [0.717, 1.165) is 12.1 Å². The molecule has 2 rings (SSSR count). The van der Waals surface area contributed by atoms with Crippen LogP contribution < -0.4 is 5.32 Å². The fourth-order valence-corrected chi connectivity index (χ4v) is 1.90. The van der Waals surface area contributed by atoms with E-state index < -0.39 is 0 Å². The van der Waals surface area contributed by atoms with Crippen LogP contribution in [-0.4, -0.2) is 22.1 Å². The van der Waals surface area contributed by atoms with Crippen molar-refractivity contribution in [3.05, 3.63) is 53.3 Å². The quantitative estimate of drug-likeness (QED) is 0.863. The maximum Gasteiger partial charge on any atom is 0.254 e. The summed E-state index contributed by atoms with van der Waals surface area (Å²) in [6, 6.07) is 10.2. The summed E-state index contributed by atoms with van der Waals surface area (Å²) in [7, 11) is 0. The molecule has 1 aromatic carbocycles. The summed E-state index contributed by atoms with van der Waals surface area (Å²) in [5.41, 5.74) is 2.61. The van der Waals surface area contributed by atoms with Gasteiger partial charge in [0.15, 0.2) is 0 Å². The Bertz CT molecular complexity index is 519. The smallest absolute Gasteiger partial charge is 0.254 e. The molecule has 1 amide bonds. The fourth-order valence-electron chi connectivity index (χ4n) is 1.90. The highest BCUT2D eigenvalue weighted by Gasteiger charge is 2.13. The summed E-state index contributed by atoms with van der Waals surface area (Å²) in [5.74, 6) is -0.0790. The third-order valence-electron chi connectivity index (χ3n) is 2.84. The average Bonchev–Trinajstić information content (AvgIpc) is 2.76. The zero-order valence-corrected chi connectivity index (χ0v) is 10.6. The molecule has 0 fully saturated rings. The highest BCUT2D eigenvalue weighted by Crippen LogP contribution is 2.06. The number of aryl methyl sites for hydroxylation is 1. The van der Waals surface area contributed by atoms with Gasteiger partial charge in [0.1, 0.15) is 0 Å². The van der Waals surface area contributed by atoms with E-state index in [2.05, 4.69) is 27.6 Å². The fraction of sp³-hybridized carbons (Fsp3) is 0.286. The number of aromatic nitrogens is 2. The second-order valence-corrected chi connectivity index (χ2v) is 4.47. The number of hydrogen-bond donors (Lipinski definition) is 2. The molecule has 1 aromatic heterocycles. The third kappa shape index (κ3) is 2.97. The zero-order valence-electron chi connectivity index (χ0n) is 10.6. The molecule has 0 bridgehead atoms. The number of benzene rings is 1. The first-order chi connectivity index (χ1) is 8.66. The summed E-state index contributed by atoms with van der Waals surface area (Å²) >= 11 is 0. The standard InChI is InChI=1S/C14H17N3O/c1-10(8-12-6-4-3-5-7-12)16-14(18)13-9-15-17-11(13)2/h3-7,9-10H,8H2,1-2H3,(H,15,17)(H,16,18). The maximum atomic E-state index is 12.0. The van der Waals surface area contributed by atoms with E-state index in [1.165, 1.54) is 5.56 Å². The van der Waals surface area contributed by atoms with Crippen LogP contribution in [0.5, 0.6) is 0 Å². The SMILES string of the molecule is Cc1[nH]ncc1C(=O)NC(C)Cc1ccccc1. The molecular formula is C14H17N3O. The molecule has 4 nitrogen and oxygen atoms in total. The van der Waals surface area contributed by atoms with Crippen molar-refractivity contribution in [1.82, 2.24) is 15.5 Å². The van der Waals surface area contributed by atoms with E-state index in [1.807, 2.05) is 32.0 Å². The lowest BCUT2D eigenvalue weighted by Crippen LogP contribution is -2.34. The number of aromatic amines is 1. The molecule has 0 saturated carbocycles. The number of carbonyl (C=O) groups is 1. The molecule has 0 radical (unpaired) electrons. The number of nitrogens with zero attached hydrogens (tertiary/aromatic N) is 1. The van der Waals surface area contributed by atoms with Gasteiger partial charge in [-0.2, -0.15) is 5.10 Å². The lowest BCUT2D eigenvalue weighted by atomic mass is 10.1. The van der Waals surface area contributed by atoms with Gasteiger partial charge in [0.2, 0.25) is 0 Å². The molecular weight excluding hydrogens is 226 g/mol. The van der Waals surface area contributed by atoms with Crippen molar-refractivity contribution in [3.63, 3.8) is 0 Å². The van der Waals surface area contributed by atoms with Crippen LogP contribution in [0.15, 0.2) is 36.5 Å². The zero-order chi connectivity index (χ0) is 13.0. The van der Waals surface area contributed by atoms with Crippen LogP contribution in [0.2, 0.25) is 0 Å². The number of nitrogens with one attached hydrogen (secondary N) is 2. The highest BCUT2D eigenvalue weighted by atomic mass is 16.1. The van der Waals surface area contributed by atoms with Crippen molar-refractivity contribution < 1.29 is 4.79 Å². The molecule has 1 atom stereocenters. The molecule has 0 aliphatic heterocycles. The molecule has 4 heteroatoms. The van der Waals surface area contributed by atoms with Crippen molar-refractivity contribution in [2.75, 3.05) is 0 Å². The van der Waals surface area contributed by atoms with Crippen molar-refractivity contribution in [2.24, 2.45) is 0 Å².